The van der Waals surface area contributed by atoms with Crippen molar-refractivity contribution in [3.63, 3.8) is 0 Å². The summed E-state index contributed by atoms with van der Waals surface area (Å²) in [5.74, 6) is 2.06. The fourth-order valence-corrected chi connectivity index (χ4v) is 6.76. The van der Waals surface area contributed by atoms with Gasteiger partial charge in [0.05, 0.1) is 0 Å². The van der Waals surface area contributed by atoms with Crippen LogP contribution in [0, 0.1) is 11.3 Å². The van der Waals surface area contributed by atoms with Gasteiger partial charge < -0.3 is 24.3 Å². The van der Waals surface area contributed by atoms with Crippen LogP contribution in [-0.4, -0.2) is 71.3 Å². The number of nitrogens with one attached hydrogen (secondary N) is 1. The van der Waals surface area contributed by atoms with Crippen molar-refractivity contribution < 1.29 is 19.1 Å². The second-order valence-electron chi connectivity index (χ2n) is 13.4. The molecule has 0 spiro atoms. The van der Waals surface area contributed by atoms with Crippen molar-refractivity contribution in [2.24, 2.45) is 0 Å². The summed E-state index contributed by atoms with van der Waals surface area (Å²) in [5.41, 5.74) is 3.84. The van der Waals surface area contributed by atoms with Crippen LogP contribution in [0.25, 0.3) is 5.57 Å². The number of amides is 2. The number of aromatic nitrogens is 2. The minimum absolute atomic E-state index is 0.155. The number of nitriles is 1. The van der Waals surface area contributed by atoms with Crippen LogP contribution in [-0.2, 0) is 16.2 Å². The fraction of sp³-hybridized carbons (Fsp3) is 0.562. The smallest absolute Gasteiger partial charge is 0.410 e. The zero-order valence-corrected chi connectivity index (χ0v) is 28.2. The molecule has 43 heavy (non-hydrogen) atoms. The van der Waals surface area contributed by atoms with Crippen LogP contribution in [0.2, 0.25) is 25.7 Å². The maximum Gasteiger partial charge on any atom is 0.410 e. The Balaban J connectivity index is 1.51. The van der Waals surface area contributed by atoms with Crippen molar-refractivity contribution in [2.45, 2.75) is 84.0 Å². The highest BCUT2D eigenvalue weighted by atomic mass is 32.2. The first-order valence-corrected chi connectivity index (χ1v) is 19.9. The average molecular weight is 624 g/mol. The minimum Gasteiger partial charge on any atom is -0.444 e. The van der Waals surface area contributed by atoms with Crippen molar-refractivity contribution in [1.82, 2.24) is 14.5 Å². The van der Waals surface area contributed by atoms with Crippen molar-refractivity contribution >= 4 is 43.1 Å². The molecular formula is C32H45N5O4SSi. The number of hydrogen-bond acceptors (Lipinski definition) is 7. The summed E-state index contributed by atoms with van der Waals surface area (Å²) in [5, 5.41) is 12.6. The molecule has 2 amide bonds. The third-order valence-electron chi connectivity index (χ3n) is 7.54. The Hall–Kier alpha value is -3.07. The number of benzene rings is 1. The molecule has 1 fully saturated rings. The first-order valence-electron chi connectivity index (χ1n) is 15.1. The molecular weight excluding hydrogens is 579 g/mol. The SMILES string of the molecule is CC(C)(C)OC(=O)N1CCC(c2ccc(NC(=O)c3nc(C#N)cn3COCC[Si](C)(C)C)c(C3=CCSCC3)c2)CC1. The summed E-state index contributed by atoms with van der Waals surface area (Å²) in [6.07, 6.45) is 6.18. The Bertz CT molecular complexity index is 1380. The van der Waals surface area contributed by atoms with Gasteiger partial charge in [0.2, 0.25) is 5.82 Å². The number of imidazole rings is 1. The Labute approximate surface area is 261 Å². The number of rotatable bonds is 9. The molecule has 2 aromatic rings. The molecule has 1 aromatic heterocycles. The van der Waals surface area contributed by atoms with Gasteiger partial charge in [-0.2, -0.15) is 17.0 Å². The number of allylic oxidation sites excluding steroid dienone is 1. The number of ether oxygens (including phenoxy) is 2. The molecule has 2 aliphatic rings. The molecule has 0 saturated carbocycles. The number of anilines is 1. The maximum absolute atomic E-state index is 13.6. The predicted molar refractivity (Wildman–Crippen MR) is 175 cm³/mol. The summed E-state index contributed by atoms with van der Waals surface area (Å²) in [6.45, 7) is 14.6. The number of hydrogen-bond donors (Lipinski definition) is 1. The monoisotopic (exact) mass is 623 g/mol. The molecule has 0 atom stereocenters. The molecule has 4 rings (SSSR count). The largest absolute Gasteiger partial charge is 0.444 e. The lowest BCUT2D eigenvalue weighted by Crippen LogP contribution is -2.41. The van der Waals surface area contributed by atoms with Crippen molar-refractivity contribution in [3.8, 4) is 6.07 Å². The average Bonchev–Trinajstić information content (AvgIpc) is 3.38. The van der Waals surface area contributed by atoms with Crippen LogP contribution in [0.5, 0.6) is 0 Å². The van der Waals surface area contributed by atoms with Gasteiger partial charge in [-0.05, 0) is 81.0 Å². The highest BCUT2D eigenvalue weighted by Gasteiger charge is 2.28. The first-order chi connectivity index (χ1) is 20.3. The van der Waals surface area contributed by atoms with Crippen LogP contribution in [0.4, 0.5) is 10.5 Å². The molecule has 0 unspecified atom stereocenters. The Morgan fingerprint density at radius 2 is 1.95 bits per heavy atom. The molecule has 11 heteroatoms. The van der Waals surface area contributed by atoms with Gasteiger partial charge in [0, 0.05) is 51.0 Å². The number of piperidine rings is 1. The quantitative estimate of drug-likeness (QED) is 0.238. The summed E-state index contributed by atoms with van der Waals surface area (Å²) in [6, 6.07) is 9.32. The lowest BCUT2D eigenvalue weighted by molar-refractivity contribution is 0.0204. The fourth-order valence-electron chi connectivity index (χ4n) is 5.15. The molecule has 1 aromatic carbocycles. The molecule has 1 saturated heterocycles. The Kier molecular flexibility index (Phi) is 10.8. The highest BCUT2D eigenvalue weighted by Crippen LogP contribution is 2.36. The second-order valence-corrected chi connectivity index (χ2v) is 20.2. The number of thioether (sulfide) groups is 1. The van der Waals surface area contributed by atoms with Gasteiger partial charge >= 0.3 is 6.09 Å². The molecule has 232 valence electrons. The van der Waals surface area contributed by atoms with Crippen molar-refractivity contribution in [3.05, 3.63) is 53.1 Å². The van der Waals surface area contributed by atoms with Gasteiger partial charge in [-0.25, -0.2) is 9.78 Å². The number of carbonyl (C=O) groups is 2. The lowest BCUT2D eigenvalue weighted by atomic mass is 9.87. The van der Waals surface area contributed by atoms with Crippen molar-refractivity contribution in [1.29, 1.82) is 5.26 Å². The van der Waals surface area contributed by atoms with E-state index in [9.17, 15) is 14.9 Å². The van der Waals surface area contributed by atoms with Crippen LogP contribution in [0.3, 0.4) is 0 Å². The van der Waals surface area contributed by atoms with E-state index in [0.29, 0.717) is 25.6 Å². The molecule has 9 nitrogen and oxygen atoms in total. The third-order valence-corrected chi connectivity index (χ3v) is 10.1. The normalized spacial score (nSPS) is 16.4. The summed E-state index contributed by atoms with van der Waals surface area (Å²) in [4.78, 5) is 32.2. The summed E-state index contributed by atoms with van der Waals surface area (Å²) >= 11 is 1.90. The van der Waals surface area contributed by atoms with E-state index in [1.54, 1.807) is 15.7 Å². The molecule has 2 aliphatic heterocycles. The molecule has 1 N–H and O–H groups in total. The van der Waals surface area contributed by atoms with E-state index in [4.69, 9.17) is 9.47 Å². The van der Waals surface area contributed by atoms with Gasteiger partial charge in [0.25, 0.3) is 5.91 Å². The molecule has 0 aliphatic carbocycles. The summed E-state index contributed by atoms with van der Waals surface area (Å²) in [7, 11) is -1.25. The molecule has 0 radical (unpaired) electrons. The predicted octanol–water partition coefficient (Wildman–Crippen LogP) is 6.95. The van der Waals surface area contributed by atoms with Gasteiger partial charge in [-0.3, -0.25) is 4.79 Å². The van der Waals surface area contributed by atoms with Gasteiger partial charge in [0.1, 0.15) is 18.4 Å². The minimum atomic E-state index is -1.25. The molecule has 3 heterocycles. The van der Waals surface area contributed by atoms with Crippen LogP contribution in [0.1, 0.15) is 73.4 Å². The zero-order valence-electron chi connectivity index (χ0n) is 26.4. The van der Waals surface area contributed by atoms with Crippen LogP contribution < -0.4 is 5.32 Å². The van der Waals surface area contributed by atoms with Crippen molar-refractivity contribution in [2.75, 3.05) is 36.5 Å². The van der Waals surface area contributed by atoms with Crippen LogP contribution in [0.15, 0.2) is 30.5 Å². The Morgan fingerprint density at radius 1 is 1.21 bits per heavy atom. The third kappa shape index (κ3) is 9.45. The maximum atomic E-state index is 13.6. The topological polar surface area (TPSA) is 109 Å². The zero-order chi connectivity index (χ0) is 31.2. The van der Waals surface area contributed by atoms with E-state index in [1.165, 1.54) is 11.1 Å². The number of nitrogens with zero attached hydrogens (tertiary/aromatic N) is 4. The van der Waals surface area contributed by atoms with Gasteiger partial charge in [-0.1, -0.05) is 31.8 Å². The number of likely N-dealkylation sites (tertiary alicyclic amines) is 1. The van der Waals surface area contributed by atoms with E-state index in [1.807, 2.05) is 44.7 Å². The van der Waals surface area contributed by atoms with E-state index in [-0.39, 0.29) is 30.2 Å². The van der Waals surface area contributed by atoms with E-state index >= 15 is 0 Å². The standard InChI is InChI=1S/C32H45N5O4SSi/c1-32(2,3)41-31(39)36-13-9-23(10-14-36)25-7-8-28(27(19-25)24-11-16-42-17-12-24)35-30(38)29-34-26(20-33)21-37(29)22-40-15-18-43(4,5)6/h7-8,11,19,21,23H,9-10,12-18,22H2,1-6H3,(H,35,38). The summed E-state index contributed by atoms with van der Waals surface area (Å²) < 4.78 is 13.0. The molecule has 0 bridgehead atoms. The number of carbonyl (C=O) groups excluding carboxylic acids is 2. The van der Waals surface area contributed by atoms with Crippen LogP contribution >= 0.6 is 11.8 Å². The van der Waals surface area contributed by atoms with E-state index < -0.39 is 13.7 Å². The van der Waals surface area contributed by atoms with E-state index in [2.05, 4.69) is 48.2 Å². The second kappa shape index (κ2) is 14.1. The highest BCUT2D eigenvalue weighted by molar-refractivity contribution is 7.99. The lowest BCUT2D eigenvalue weighted by Gasteiger charge is -2.34. The van der Waals surface area contributed by atoms with E-state index in [0.717, 1.165) is 48.1 Å². The Morgan fingerprint density at radius 3 is 2.58 bits per heavy atom. The van der Waals surface area contributed by atoms with Gasteiger partial charge in [-0.15, -0.1) is 0 Å². The first kappa shape index (κ1) is 32.8. The van der Waals surface area contributed by atoms with Gasteiger partial charge in [0.15, 0.2) is 5.69 Å².